The summed E-state index contributed by atoms with van der Waals surface area (Å²) >= 11 is 0.869. The molecule has 2 amide bonds. The zero-order valence-corrected chi connectivity index (χ0v) is 31.7. The van der Waals surface area contributed by atoms with Crippen LogP contribution in [0.3, 0.4) is 0 Å². The van der Waals surface area contributed by atoms with Crippen molar-refractivity contribution in [2.75, 3.05) is 6.61 Å². The minimum Gasteiger partial charge on any atom is -0.462 e. The monoisotopic (exact) mass is 759 g/mol. The average Bonchev–Trinajstić information content (AvgIpc) is 3.05. The Morgan fingerprint density at radius 2 is 1.40 bits per heavy atom. The smallest absolute Gasteiger partial charge is 0.417 e. The lowest BCUT2D eigenvalue weighted by Gasteiger charge is -2.50. The fourth-order valence-electron chi connectivity index (χ4n) is 5.51. The van der Waals surface area contributed by atoms with Gasteiger partial charge in [0.1, 0.15) is 37.1 Å². The van der Waals surface area contributed by atoms with Crippen LogP contribution in [0.4, 0.5) is 4.79 Å². The third-order valence-electron chi connectivity index (χ3n) is 7.37. The number of hydrogen-bond donors (Lipinski definition) is 0. The number of carbonyl (C=O) groups is 7. The van der Waals surface area contributed by atoms with E-state index < -0.39 is 95.9 Å². The maximum absolute atomic E-state index is 14.5. The molecule has 6 atom stereocenters. The second-order valence-electron chi connectivity index (χ2n) is 13.0. The molecule has 0 aliphatic carbocycles. The zero-order chi connectivity index (χ0) is 39.5. The molecule has 1 heterocycles. The number of imide groups is 1. The molecular formula is C37H45NO14S. The molecule has 0 radical (unpaired) electrons. The highest BCUT2D eigenvalue weighted by Crippen LogP contribution is 2.47. The van der Waals surface area contributed by atoms with Gasteiger partial charge < -0.3 is 33.2 Å². The van der Waals surface area contributed by atoms with Crippen LogP contribution in [0.5, 0.6) is 0 Å². The van der Waals surface area contributed by atoms with E-state index in [0.29, 0.717) is 15.4 Å². The highest BCUT2D eigenvalue weighted by atomic mass is 32.2. The van der Waals surface area contributed by atoms with E-state index in [-0.39, 0.29) is 6.61 Å². The summed E-state index contributed by atoms with van der Waals surface area (Å²) in [4.78, 5) is 90.7. The lowest BCUT2D eigenvalue weighted by molar-refractivity contribution is -0.233. The lowest BCUT2D eigenvalue weighted by atomic mass is 9.88. The van der Waals surface area contributed by atoms with E-state index in [1.54, 1.807) is 81.4 Å². The molecule has 15 nitrogen and oxygen atoms in total. The van der Waals surface area contributed by atoms with Crippen molar-refractivity contribution in [3.8, 4) is 0 Å². The maximum atomic E-state index is 14.5. The SMILES string of the molecule is CC(=O)OC[C@@H](OC(C)=O)[C@@H](OC(C)=O)C1O[C@](Sc2ccccc2)(C(=O)OCc2ccccc2)C[C@H](OC(C)=O)[C@H]1N(C(C)=O)C(=O)OC(C)(C)C. The highest BCUT2D eigenvalue weighted by molar-refractivity contribution is 8.01. The van der Waals surface area contributed by atoms with Crippen LogP contribution in [0.1, 0.15) is 67.4 Å². The predicted octanol–water partition coefficient (Wildman–Crippen LogP) is 4.52. The second kappa shape index (κ2) is 18.7. The lowest BCUT2D eigenvalue weighted by Crippen LogP contribution is -2.69. The van der Waals surface area contributed by atoms with E-state index in [2.05, 4.69) is 0 Å². The van der Waals surface area contributed by atoms with Gasteiger partial charge in [-0.15, -0.1) is 0 Å². The quantitative estimate of drug-likeness (QED) is 0.205. The molecular weight excluding hydrogens is 714 g/mol. The van der Waals surface area contributed by atoms with Gasteiger partial charge in [-0.2, -0.15) is 0 Å². The summed E-state index contributed by atoms with van der Waals surface area (Å²) in [7, 11) is 0. The molecule has 3 rings (SSSR count). The van der Waals surface area contributed by atoms with Gasteiger partial charge in [-0.25, -0.2) is 14.5 Å². The largest absolute Gasteiger partial charge is 0.462 e. The van der Waals surface area contributed by atoms with E-state index in [4.69, 9.17) is 33.2 Å². The van der Waals surface area contributed by atoms with Gasteiger partial charge in [0, 0.05) is 45.9 Å². The van der Waals surface area contributed by atoms with Crippen LogP contribution in [0.2, 0.25) is 0 Å². The van der Waals surface area contributed by atoms with Crippen LogP contribution < -0.4 is 0 Å². The fraction of sp³-hybridized carbons (Fsp3) is 0.486. The molecule has 53 heavy (non-hydrogen) atoms. The first kappa shape index (κ1) is 42.5. The molecule has 0 saturated carbocycles. The van der Waals surface area contributed by atoms with Gasteiger partial charge in [-0.05, 0) is 38.5 Å². The van der Waals surface area contributed by atoms with Crippen molar-refractivity contribution in [1.29, 1.82) is 0 Å². The first-order chi connectivity index (χ1) is 24.8. The number of nitrogens with zero attached hydrogens (tertiary/aromatic N) is 1. The van der Waals surface area contributed by atoms with Crippen molar-refractivity contribution in [1.82, 2.24) is 4.90 Å². The van der Waals surface area contributed by atoms with Crippen molar-refractivity contribution in [3.05, 3.63) is 66.2 Å². The Hall–Kier alpha value is -4.96. The van der Waals surface area contributed by atoms with Crippen molar-refractivity contribution in [2.24, 2.45) is 0 Å². The number of esters is 5. The van der Waals surface area contributed by atoms with E-state index in [0.717, 1.165) is 46.4 Å². The Morgan fingerprint density at radius 1 is 0.811 bits per heavy atom. The molecule has 1 unspecified atom stereocenters. The van der Waals surface area contributed by atoms with E-state index >= 15 is 0 Å². The van der Waals surface area contributed by atoms with Crippen LogP contribution in [-0.2, 0) is 68.5 Å². The van der Waals surface area contributed by atoms with Crippen LogP contribution in [0.25, 0.3) is 0 Å². The summed E-state index contributed by atoms with van der Waals surface area (Å²) in [5, 5.41) is 0. The number of benzene rings is 2. The molecule has 288 valence electrons. The third kappa shape index (κ3) is 12.6. The molecule has 1 fully saturated rings. The van der Waals surface area contributed by atoms with Gasteiger partial charge in [0.05, 0.1) is 0 Å². The van der Waals surface area contributed by atoms with Crippen molar-refractivity contribution in [2.45, 2.75) is 114 Å². The van der Waals surface area contributed by atoms with Gasteiger partial charge in [0.2, 0.25) is 10.8 Å². The first-order valence-electron chi connectivity index (χ1n) is 16.6. The average molecular weight is 760 g/mol. The summed E-state index contributed by atoms with van der Waals surface area (Å²) in [5.41, 5.74) is -0.504. The topological polar surface area (TPSA) is 187 Å². The van der Waals surface area contributed by atoms with Crippen molar-refractivity contribution in [3.63, 3.8) is 0 Å². The maximum Gasteiger partial charge on any atom is 0.417 e. The summed E-state index contributed by atoms with van der Waals surface area (Å²) < 4.78 is 40.2. The van der Waals surface area contributed by atoms with Crippen molar-refractivity contribution < 1.29 is 66.7 Å². The van der Waals surface area contributed by atoms with Gasteiger partial charge in [-0.1, -0.05) is 60.3 Å². The Bertz CT molecular complexity index is 1630. The molecule has 2 aromatic rings. The molecule has 0 spiro atoms. The van der Waals surface area contributed by atoms with Gasteiger partial charge >= 0.3 is 35.9 Å². The highest BCUT2D eigenvalue weighted by Gasteiger charge is 2.61. The molecule has 1 saturated heterocycles. The summed E-state index contributed by atoms with van der Waals surface area (Å²) in [6.07, 6.45) is -8.57. The molecule has 2 aromatic carbocycles. The Morgan fingerprint density at radius 3 is 1.91 bits per heavy atom. The van der Waals surface area contributed by atoms with E-state index in [1.807, 2.05) is 0 Å². The van der Waals surface area contributed by atoms with Gasteiger partial charge in [0.25, 0.3) is 0 Å². The minimum absolute atomic E-state index is 0.208. The van der Waals surface area contributed by atoms with Crippen LogP contribution in [0.15, 0.2) is 65.6 Å². The fourth-order valence-corrected chi connectivity index (χ4v) is 6.73. The van der Waals surface area contributed by atoms with Crippen LogP contribution in [0, 0.1) is 0 Å². The summed E-state index contributed by atoms with van der Waals surface area (Å²) in [6, 6.07) is 15.6. The van der Waals surface area contributed by atoms with Gasteiger partial charge in [0.15, 0.2) is 12.2 Å². The van der Waals surface area contributed by atoms with E-state index in [9.17, 15) is 33.6 Å². The Labute approximate surface area is 311 Å². The molecule has 0 bridgehead atoms. The summed E-state index contributed by atoms with van der Waals surface area (Å²) in [5.74, 6) is -5.38. The third-order valence-corrected chi connectivity index (χ3v) is 8.64. The first-order valence-corrected chi connectivity index (χ1v) is 17.4. The molecule has 16 heteroatoms. The predicted molar refractivity (Wildman–Crippen MR) is 187 cm³/mol. The van der Waals surface area contributed by atoms with E-state index in [1.165, 1.54) is 0 Å². The Balaban J connectivity index is 2.37. The zero-order valence-electron chi connectivity index (χ0n) is 30.9. The van der Waals surface area contributed by atoms with Crippen molar-refractivity contribution >= 4 is 53.6 Å². The number of carbonyl (C=O) groups excluding carboxylic acids is 7. The molecule has 0 aromatic heterocycles. The number of hydrogen-bond acceptors (Lipinski definition) is 15. The number of rotatable bonds is 13. The normalized spacial score (nSPS) is 20.8. The van der Waals surface area contributed by atoms with Gasteiger partial charge in [-0.3, -0.25) is 24.0 Å². The number of amides is 2. The second-order valence-corrected chi connectivity index (χ2v) is 14.4. The minimum atomic E-state index is -2.14. The van der Waals surface area contributed by atoms with Crippen LogP contribution in [-0.4, -0.2) is 94.3 Å². The molecule has 1 aliphatic rings. The standard InChI is InChI=1S/C37H45NO14S/c1-22(39)38(35(45)52-36(6,7)8)31-29(48-24(3)41)19-37(53-28-17-13-10-14-18-28,34(44)47-20-27-15-11-9-12-16-27)51-33(31)32(50-26(5)43)30(49-25(4)42)21-46-23(2)40/h9-18,29-33H,19-21H2,1-8H3/t29-,30+,31+,32+,33?,37+/m0/s1. The summed E-state index contributed by atoms with van der Waals surface area (Å²) in [6.45, 7) is 9.07. The number of thioether (sulfide) groups is 1. The Kier molecular flexibility index (Phi) is 15.0. The molecule has 1 aliphatic heterocycles. The van der Waals surface area contributed by atoms with Crippen LogP contribution >= 0.6 is 11.8 Å². The molecule has 0 N–H and O–H groups in total. The number of ether oxygens (including phenoxy) is 7.